The molecule has 300 valence electrons. The predicted molar refractivity (Wildman–Crippen MR) is 219 cm³/mol. The molecule has 8 nitrogen and oxygen atoms in total. The first-order valence-electron chi connectivity index (χ1n) is 20.1. The lowest BCUT2D eigenvalue weighted by Gasteiger charge is -2.05. The van der Waals surface area contributed by atoms with Gasteiger partial charge in [-0.1, -0.05) is 192 Å². The SMILES string of the molecule is C=C(CC(=O)O)C(=O)O.C=CC(=O)OCCCCCCCCCCCCCCCCCC.CCC=C(C=Cc1ccccc1)C(=O)OCCCCCC. The topological polar surface area (TPSA) is 127 Å². The number of hydrogen-bond acceptors (Lipinski definition) is 6. The Morgan fingerprint density at radius 1 is 0.642 bits per heavy atom. The third-order valence-corrected chi connectivity index (χ3v) is 8.22. The second kappa shape index (κ2) is 39.3. The summed E-state index contributed by atoms with van der Waals surface area (Å²) in [6.07, 6.45) is 33.4. The van der Waals surface area contributed by atoms with Crippen LogP contribution in [0.1, 0.15) is 168 Å². The number of carbonyl (C=O) groups excluding carboxylic acids is 2. The van der Waals surface area contributed by atoms with E-state index in [1.54, 1.807) is 0 Å². The van der Waals surface area contributed by atoms with Crippen LogP contribution in [0.2, 0.25) is 0 Å². The number of esters is 2. The quantitative estimate of drug-likeness (QED) is 0.0345. The standard InChI is InChI=1S/C21H40O2.C19H26O2.C5H6O4/c1-3-5-6-7-8-9-10-11-12-13-14-15-16-17-18-19-20-23-21(22)4-2;1-3-5-6-10-16-21-19(20)18(11-4-2)15-14-17-12-8-7-9-13-17;1-3(5(8)9)2-4(6)7/h4H,2-3,5-20H2,1H3;7-9,11-15H,3-6,10,16H2,1-2H3;1-2H2,(H,6,7)(H,8,9). The Morgan fingerprint density at radius 2 is 1.08 bits per heavy atom. The highest BCUT2D eigenvalue weighted by Gasteiger charge is 2.08. The van der Waals surface area contributed by atoms with E-state index in [1.807, 2.05) is 55.5 Å². The minimum atomic E-state index is -1.27. The van der Waals surface area contributed by atoms with Gasteiger partial charge in [-0.15, -0.1) is 0 Å². The number of allylic oxidation sites excluding steroid dienone is 1. The van der Waals surface area contributed by atoms with Crippen LogP contribution < -0.4 is 0 Å². The van der Waals surface area contributed by atoms with Gasteiger partial charge in [0, 0.05) is 11.6 Å². The van der Waals surface area contributed by atoms with Gasteiger partial charge in [-0.3, -0.25) is 4.79 Å². The van der Waals surface area contributed by atoms with E-state index in [9.17, 15) is 19.2 Å². The third-order valence-electron chi connectivity index (χ3n) is 8.22. The first-order valence-corrected chi connectivity index (χ1v) is 20.1. The van der Waals surface area contributed by atoms with Crippen molar-refractivity contribution in [3.8, 4) is 0 Å². The summed E-state index contributed by atoms with van der Waals surface area (Å²) >= 11 is 0. The number of hydrogen-bond donors (Lipinski definition) is 2. The van der Waals surface area contributed by atoms with E-state index in [0.717, 1.165) is 31.2 Å². The maximum Gasteiger partial charge on any atom is 0.337 e. The lowest BCUT2D eigenvalue weighted by Crippen LogP contribution is -2.07. The van der Waals surface area contributed by atoms with Gasteiger partial charge >= 0.3 is 23.9 Å². The molecule has 2 N–H and O–H groups in total. The van der Waals surface area contributed by atoms with Crippen LogP contribution in [-0.4, -0.2) is 47.3 Å². The molecule has 0 saturated carbocycles. The fraction of sp³-hybridized carbons (Fsp3) is 0.600. The van der Waals surface area contributed by atoms with Crippen molar-refractivity contribution in [1.82, 2.24) is 0 Å². The molecule has 0 aliphatic heterocycles. The van der Waals surface area contributed by atoms with Gasteiger partial charge in [-0.2, -0.15) is 0 Å². The van der Waals surface area contributed by atoms with Crippen molar-refractivity contribution < 1.29 is 38.9 Å². The number of carbonyl (C=O) groups is 4. The minimum Gasteiger partial charge on any atom is -0.481 e. The molecule has 1 aromatic carbocycles. The molecular formula is C45H72O8. The predicted octanol–water partition coefficient (Wildman–Crippen LogP) is 12.2. The Morgan fingerprint density at radius 3 is 1.47 bits per heavy atom. The average Bonchev–Trinajstić information content (AvgIpc) is 3.15. The zero-order valence-electron chi connectivity index (χ0n) is 33.4. The molecule has 8 heteroatoms. The van der Waals surface area contributed by atoms with Crippen LogP contribution in [0.4, 0.5) is 0 Å². The van der Waals surface area contributed by atoms with Crippen molar-refractivity contribution in [2.24, 2.45) is 0 Å². The Bertz CT molecular complexity index is 1150. The van der Waals surface area contributed by atoms with Crippen molar-refractivity contribution in [1.29, 1.82) is 0 Å². The summed E-state index contributed by atoms with van der Waals surface area (Å²) in [5.74, 6) is -2.97. The van der Waals surface area contributed by atoms with E-state index < -0.39 is 18.4 Å². The van der Waals surface area contributed by atoms with Crippen LogP contribution in [0.3, 0.4) is 0 Å². The van der Waals surface area contributed by atoms with Gasteiger partial charge in [0.1, 0.15) is 0 Å². The average molecular weight is 741 g/mol. The number of benzene rings is 1. The zero-order valence-corrected chi connectivity index (χ0v) is 33.4. The molecule has 0 atom stereocenters. The number of aliphatic carboxylic acids is 2. The van der Waals surface area contributed by atoms with Crippen molar-refractivity contribution in [2.75, 3.05) is 13.2 Å². The molecule has 53 heavy (non-hydrogen) atoms. The third kappa shape index (κ3) is 37.6. The summed E-state index contributed by atoms with van der Waals surface area (Å²) in [7, 11) is 0. The molecule has 0 aliphatic rings. The number of unbranched alkanes of at least 4 members (excludes halogenated alkanes) is 18. The largest absolute Gasteiger partial charge is 0.481 e. The molecule has 0 bridgehead atoms. The number of ether oxygens (including phenoxy) is 2. The van der Waals surface area contributed by atoms with E-state index in [1.165, 1.54) is 115 Å². The van der Waals surface area contributed by atoms with Gasteiger partial charge in [0.2, 0.25) is 0 Å². The maximum atomic E-state index is 12.0. The second-order valence-electron chi connectivity index (χ2n) is 13.2. The summed E-state index contributed by atoms with van der Waals surface area (Å²) in [5, 5.41) is 16.1. The molecule has 0 amide bonds. The smallest absolute Gasteiger partial charge is 0.337 e. The summed E-state index contributed by atoms with van der Waals surface area (Å²) < 4.78 is 10.3. The van der Waals surface area contributed by atoms with E-state index >= 15 is 0 Å². The zero-order chi connectivity index (χ0) is 39.8. The van der Waals surface area contributed by atoms with Gasteiger partial charge < -0.3 is 19.7 Å². The molecule has 0 fully saturated rings. The first kappa shape index (κ1) is 51.2. The number of rotatable bonds is 30. The lowest BCUT2D eigenvalue weighted by atomic mass is 10.0. The van der Waals surface area contributed by atoms with E-state index in [-0.39, 0.29) is 17.5 Å². The molecule has 0 radical (unpaired) electrons. The molecule has 0 aliphatic carbocycles. The summed E-state index contributed by atoms with van der Waals surface area (Å²) in [6, 6.07) is 9.96. The van der Waals surface area contributed by atoms with E-state index in [0.29, 0.717) is 18.8 Å². The highest BCUT2D eigenvalue weighted by Crippen LogP contribution is 2.14. The summed E-state index contributed by atoms with van der Waals surface area (Å²) in [5.41, 5.74) is 1.41. The van der Waals surface area contributed by atoms with Crippen molar-refractivity contribution in [3.05, 3.63) is 78.4 Å². The van der Waals surface area contributed by atoms with E-state index in [4.69, 9.17) is 19.7 Å². The van der Waals surface area contributed by atoms with Crippen LogP contribution in [0.25, 0.3) is 6.08 Å². The van der Waals surface area contributed by atoms with Crippen LogP contribution in [-0.2, 0) is 28.7 Å². The fourth-order valence-corrected chi connectivity index (χ4v) is 5.11. The Kier molecular flexibility index (Phi) is 37.9. The van der Waals surface area contributed by atoms with Gasteiger partial charge in [-0.25, -0.2) is 14.4 Å². The molecular weight excluding hydrogens is 668 g/mol. The number of carboxylic acid groups (broad SMARTS) is 2. The van der Waals surface area contributed by atoms with Gasteiger partial charge in [0.25, 0.3) is 0 Å². The van der Waals surface area contributed by atoms with E-state index in [2.05, 4.69) is 27.0 Å². The van der Waals surface area contributed by atoms with Crippen LogP contribution in [0.5, 0.6) is 0 Å². The first-order chi connectivity index (χ1) is 25.6. The maximum absolute atomic E-state index is 12.0. The molecule has 1 aromatic rings. The van der Waals surface area contributed by atoms with Crippen LogP contribution in [0.15, 0.2) is 72.9 Å². The summed E-state index contributed by atoms with van der Waals surface area (Å²) in [6.45, 7) is 13.9. The minimum absolute atomic E-state index is 0.222. The highest BCUT2D eigenvalue weighted by molar-refractivity contribution is 5.93. The molecule has 0 heterocycles. The molecule has 0 spiro atoms. The van der Waals surface area contributed by atoms with Crippen LogP contribution >= 0.6 is 0 Å². The van der Waals surface area contributed by atoms with Gasteiger partial charge in [0.15, 0.2) is 0 Å². The van der Waals surface area contributed by atoms with Crippen molar-refractivity contribution in [2.45, 2.75) is 162 Å². The normalized spacial score (nSPS) is 10.7. The molecule has 1 rings (SSSR count). The molecule has 0 unspecified atom stereocenters. The fourth-order valence-electron chi connectivity index (χ4n) is 5.11. The monoisotopic (exact) mass is 741 g/mol. The van der Waals surface area contributed by atoms with Crippen LogP contribution in [0, 0.1) is 0 Å². The van der Waals surface area contributed by atoms with Gasteiger partial charge in [0.05, 0.1) is 25.2 Å². The highest BCUT2D eigenvalue weighted by atomic mass is 16.5. The lowest BCUT2D eigenvalue weighted by molar-refractivity contribution is -0.139. The summed E-state index contributed by atoms with van der Waals surface area (Å²) in [4.78, 5) is 42.5. The molecule has 0 saturated heterocycles. The Labute approximate surface area is 321 Å². The van der Waals surface area contributed by atoms with Crippen molar-refractivity contribution in [3.63, 3.8) is 0 Å². The Hall–Kier alpha value is -3.94. The Balaban J connectivity index is 0. The van der Waals surface area contributed by atoms with Crippen molar-refractivity contribution >= 4 is 30.0 Å². The number of carboxylic acids is 2. The molecule has 0 aromatic heterocycles. The van der Waals surface area contributed by atoms with Gasteiger partial charge in [-0.05, 0) is 30.9 Å². The second-order valence-corrected chi connectivity index (χ2v) is 13.2.